The fourth-order valence-corrected chi connectivity index (χ4v) is 1.41. The summed E-state index contributed by atoms with van der Waals surface area (Å²) >= 11 is 0. The Labute approximate surface area is 96.4 Å². The third-order valence-electron chi connectivity index (χ3n) is 2.34. The molecular formula is C13H18O3. The van der Waals surface area contributed by atoms with Crippen molar-refractivity contribution in [2.45, 2.75) is 26.7 Å². The quantitative estimate of drug-likeness (QED) is 0.735. The van der Waals surface area contributed by atoms with Crippen LogP contribution in [0.15, 0.2) is 18.2 Å². The number of hydrogen-bond donors (Lipinski definition) is 0. The number of ether oxygens (including phenoxy) is 2. The minimum atomic E-state index is -0.302. The molecule has 0 saturated heterocycles. The van der Waals surface area contributed by atoms with Crippen LogP contribution in [0.3, 0.4) is 0 Å². The molecule has 1 rings (SSSR count). The van der Waals surface area contributed by atoms with Crippen molar-refractivity contribution in [2.75, 3.05) is 13.7 Å². The monoisotopic (exact) mass is 222 g/mol. The molecule has 0 spiro atoms. The van der Waals surface area contributed by atoms with Crippen molar-refractivity contribution in [1.82, 2.24) is 0 Å². The van der Waals surface area contributed by atoms with E-state index in [2.05, 4.69) is 13.8 Å². The van der Waals surface area contributed by atoms with Gasteiger partial charge in [-0.1, -0.05) is 13.8 Å². The van der Waals surface area contributed by atoms with Gasteiger partial charge in [0, 0.05) is 0 Å². The average Bonchev–Trinajstić information content (AvgIpc) is 2.28. The molecule has 0 bridgehead atoms. The fourth-order valence-electron chi connectivity index (χ4n) is 1.41. The highest BCUT2D eigenvalue weighted by Gasteiger charge is 2.11. The van der Waals surface area contributed by atoms with Crippen molar-refractivity contribution in [3.05, 3.63) is 29.3 Å². The zero-order valence-corrected chi connectivity index (χ0v) is 10.2. The molecule has 0 saturated carbocycles. The summed E-state index contributed by atoms with van der Waals surface area (Å²) in [6.07, 6.45) is 0. The summed E-state index contributed by atoms with van der Waals surface area (Å²) in [5, 5.41) is 0. The molecule has 0 aromatic heterocycles. The summed E-state index contributed by atoms with van der Waals surface area (Å²) in [4.78, 5) is 11.6. The summed E-state index contributed by atoms with van der Waals surface area (Å²) < 4.78 is 10.1. The van der Waals surface area contributed by atoms with Gasteiger partial charge < -0.3 is 9.47 Å². The third kappa shape index (κ3) is 2.99. The van der Waals surface area contributed by atoms with E-state index in [0.29, 0.717) is 23.8 Å². The molecule has 0 aliphatic heterocycles. The van der Waals surface area contributed by atoms with Crippen molar-refractivity contribution in [1.29, 1.82) is 0 Å². The molecule has 0 fully saturated rings. The number of carbonyl (C=O) groups excluding carboxylic acids is 1. The van der Waals surface area contributed by atoms with Crippen LogP contribution in [0, 0.1) is 0 Å². The molecule has 0 N–H and O–H groups in total. The number of hydrogen-bond acceptors (Lipinski definition) is 3. The first kappa shape index (κ1) is 12.6. The number of benzene rings is 1. The van der Waals surface area contributed by atoms with Crippen LogP contribution in [0.2, 0.25) is 0 Å². The fraction of sp³-hybridized carbons (Fsp3) is 0.462. The first-order valence-electron chi connectivity index (χ1n) is 5.44. The van der Waals surface area contributed by atoms with Crippen LogP contribution in [-0.2, 0) is 4.74 Å². The lowest BCUT2D eigenvalue weighted by Crippen LogP contribution is -2.06. The van der Waals surface area contributed by atoms with Crippen molar-refractivity contribution in [3.8, 4) is 5.75 Å². The Balaban J connectivity index is 3.08. The van der Waals surface area contributed by atoms with Gasteiger partial charge in [0.1, 0.15) is 5.75 Å². The molecule has 0 aliphatic carbocycles. The first-order valence-corrected chi connectivity index (χ1v) is 5.44. The van der Waals surface area contributed by atoms with Crippen molar-refractivity contribution >= 4 is 5.97 Å². The van der Waals surface area contributed by atoms with E-state index in [9.17, 15) is 4.79 Å². The molecular weight excluding hydrogens is 204 g/mol. The Morgan fingerprint density at radius 3 is 2.50 bits per heavy atom. The van der Waals surface area contributed by atoms with Gasteiger partial charge in [0.25, 0.3) is 0 Å². The van der Waals surface area contributed by atoms with Gasteiger partial charge in [-0.2, -0.15) is 0 Å². The molecule has 3 heteroatoms. The Kier molecular flexibility index (Phi) is 4.35. The molecule has 0 aliphatic rings. The van der Waals surface area contributed by atoms with Crippen molar-refractivity contribution in [2.24, 2.45) is 0 Å². The van der Waals surface area contributed by atoms with E-state index >= 15 is 0 Å². The molecule has 0 amide bonds. The lowest BCUT2D eigenvalue weighted by molar-refractivity contribution is 0.0526. The number of esters is 1. The van der Waals surface area contributed by atoms with Gasteiger partial charge in [0.15, 0.2) is 0 Å². The predicted molar refractivity (Wildman–Crippen MR) is 63.0 cm³/mol. The highest BCUT2D eigenvalue weighted by atomic mass is 16.5. The molecule has 1 aromatic carbocycles. The van der Waals surface area contributed by atoms with E-state index in [4.69, 9.17) is 9.47 Å². The highest BCUT2D eigenvalue weighted by Crippen LogP contribution is 2.23. The molecule has 88 valence electrons. The summed E-state index contributed by atoms with van der Waals surface area (Å²) in [6, 6.07) is 5.49. The second-order valence-electron chi connectivity index (χ2n) is 3.87. The maximum Gasteiger partial charge on any atom is 0.338 e. The van der Waals surface area contributed by atoms with Gasteiger partial charge in [-0.15, -0.1) is 0 Å². The van der Waals surface area contributed by atoms with Crippen LogP contribution in [0.4, 0.5) is 0 Å². The standard InChI is InChI=1S/C13H18O3/c1-5-16-13(14)11-6-10(9(2)3)7-12(8-11)15-4/h6-9H,5H2,1-4H3. The minimum Gasteiger partial charge on any atom is -0.497 e. The predicted octanol–water partition coefficient (Wildman–Crippen LogP) is 3.00. The normalized spacial score (nSPS) is 10.3. The summed E-state index contributed by atoms with van der Waals surface area (Å²) in [6.45, 7) is 6.32. The number of carbonyl (C=O) groups is 1. The Morgan fingerprint density at radius 1 is 1.31 bits per heavy atom. The van der Waals surface area contributed by atoms with Gasteiger partial charge in [-0.25, -0.2) is 4.79 Å². The lowest BCUT2D eigenvalue weighted by Gasteiger charge is -2.10. The average molecular weight is 222 g/mol. The van der Waals surface area contributed by atoms with Crippen LogP contribution in [0.5, 0.6) is 5.75 Å². The van der Waals surface area contributed by atoms with Crippen LogP contribution in [0.1, 0.15) is 42.6 Å². The van der Waals surface area contributed by atoms with E-state index in [-0.39, 0.29) is 5.97 Å². The largest absolute Gasteiger partial charge is 0.497 e. The molecule has 0 radical (unpaired) electrons. The smallest absolute Gasteiger partial charge is 0.338 e. The van der Waals surface area contributed by atoms with Gasteiger partial charge in [0.2, 0.25) is 0 Å². The van der Waals surface area contributed by atoms with E-state index in [0.717, 1.165) is 5.56 Å². The van der Waals surface area contributed by atoms with Crippen LogP contribution in [-0.4, -0.2) is 19.7 Å². The highest BCUT2D eigenvalue weighted by molar-refractivity contribution is 5.90. The molecule has 16 heavy (non-hydrogen) atoms. The molecule has 0 heterocycles. The minimum absolute atomic E-state index is 0.302. The van der Waals surface area contributed by atoms with Crippen molar-refractivity contribution < 1.29 is 14.3 Å². The van der Waals surface area contributed by atoms with E-state index < -0.39 is 0 Å². The molecule has 0 atom stereocenters. The summed E-state index contributed by atoms with van der Waals surface area (Å²) in [5.74, 6) is 0.737. The van der Waals surface area contributed by atoms with Crippen molar-refractivity contribution in [3.63, 3.8) is 0 Å². The first-order chi connectivity index (χ1) is 7.58. The van der Waals surface area contributed by atoms with Gasteiger partial charge in [-0.05, 0) is 36.6 Å². The third-order valence-corrected chi connectivity index (χ3v) is 2.34. The molecule has 3 nitrogen and oxygen atoms in total. The van der Waals surface area contributed by atoms with Gasteiger partial charge in [-0.3, -0.25) is 0 Å². The maximum atomic E-state index is 11.6. The van der Waals surface area contributed by atoms with E-state index in [1.807, 2.05) is 12.1 Å². The number of rotatable bonds is 4. The Morgan fingerprint density at radius 2 is 2.00 bits per heavy atom. The van der Waals surface area contributed by atoms with Gasteiger partial charge >= 0.3 is 5.97 Å². The van der Waals surface area contributed by atoms with E-state index in [1.165, 1.54) is 0 Å². The second-order valence-corrected chi connectivity index (χ2v) is 3.87. The van der Waals surface area contributed by atoms with Crippen LogP contribution in [0.25, 0.3) is 0 Å². The maximum absolute atomic E-state index is 11.6. The molecule has 0 unspecified atom stereocenters. The van der Waals surface area contributed by atoms with E-state index in [1.54, 1.807) is 20.1 Å². The summed E-state index contributed by atoms with van der Waals surface area (Å²) in [7, 11) is 1.59. The van der Waals surface area contributed by atoms with Crippen LogP contribution < -0.4 is 4.74 Å². The van der Waals surface area contributed by atoms with Crippen LogP contribution >= 0.6 is 0 Å². The van der Waals surface area contributed by atoms with Gasteiger partial charge in [0.05, 0.1) is 19.3 Å². The topological polar surface area (TPSA) is 35.5 Å². The molecule has 1 aromatic rings. The Bertz CT molecular complexity index is 369. The second kappa shape index (κ2) is 5.54. The number of methoxy groups -OCH3 is 1. The summed E-state index contributed by atoms with van der Waals surface area (Å²) in [5.41, 5.74) is 1.62. The lowest BCUT2D eigenvalue weighted by atomic mass is 10.0. The Hall–Kier alpha value is -1.51. The zero-order chi connectivity index (χ0) is 12.1. The SMILES string of the molecule is CCOC(=O)c1cc(OC)cc(C(C)C)c1. The zero-order valence-electron chi connectivity index (χ0n) is 10.2.